The molecule has 0 saturated carbocycles. The molecule has 1 amide bonds. The number of alkyl halides is 3. The molecular formula is C26H44Cl3NO3S. The van der Waals surface area contributed by atoms with E-state index in [1.54, 1.807) is 25.6 Å². The lowest BCUT2D eigenvalue weighted by molar-refractivity contribution is -0.147. The highest BCUT2D eigenvalue weighted by molar-refractivity contribution is 8.00. The van der Waals surface area contributed by atoms with E-state index in [4.69, 9.17) is 39.5 Å². The van der Waals surface area contributed by atoms with E-state index in [0.717, 1.165) is 12.2 Å². The van der Waals surface area contributed by atoms with Crippen LogP contribution in [0.25, 0.3) is 0 Å². The summed E-state index contributed by atoms with van der Waals surface area (Å²) in [5.74, 6) is 0.303. The Morgan fingerprint density at radius 1 is 0.912 bits per heavy atom. The minimum atomic E-state index is -1.67. The van der Waals surface area contributed by atoms with Gasteiger partial charge in [0.1, 0.15) is 17.6 Å². The number of β-lactam (4-membered cyclic amide) rings is 1. The molecule has 0 aromatic rings. The highest BCUT2D eigenvalue weighted by Crippen LogP contribution is 2.31. The van der Waals surface area contributed by atoms with Crippen LogP contribution in [0.15, 0.2) is 11.3 Å². The summed E-state index contributed by atoms with van der Waals surface area (Å²) in [5, 5.41) is -0.0858. The van der Waals surface area contributed by atoms with Crippen molar-refractivity contribution in [2.45, 2.75) is 120 Å². The Morgan fingerprint density at radius 3 is 1.79 bits per heavy atom. The molecule has 0 aromatic carbocycles. The van der Waals surface area contributed by atoms with Crippen molar-refractivity contribution < 1.29 is 14.3 Å². The van der Waals surface area contributed by atoms with E-state index in [2.05, 4.69) is 6.92 Å². The monoisotopic (exact) mass is 555 g/mol. The number of carbonyl (C=O) groups is 2. The molecule has 4 nitrogen and oxygen atoms in total. The molecule has 0 aliphatic carbocycles. The second-order valence-electron chi connectivity index (χ2n) is 9.44. The minimum absolute atomic E-state index is 0.0441. The number of likely N-dealkylation sites (tertiary alicyclic amines) is 1. The third-order valence-electron chi connectivity index (χ3n) is 6.01. The normalized spacial score (nSPS) is 15.9. The van der Waals surface area contributed by atoms with Gasteiger partial charge >= 0.3 is 5.97 Å². The molecule has 1 rings (SSSR count). The van der Waals surface area contributed by atoms with E-state index >= 15 is 0 Å². The zero-order chi connectivity index (χ0) is 25.4. The van der Waals surface area contributed by atoms with Crippen LogP contribution in [-0.2, 0) is 14.3 Å². The summed E-state index contributed by atoms with van der Waals surface area (Å²) in [7, 11) is 0. The second-order valence-corrected chi connectivity index (χ2v) is 13.3. The van der Waals surface area contributed by atoms with Gasteiger partial charge in [-0.2, -0.15) is 0 Å². The maximum Gasteiger partial charge on any atom is 0.355 e. The van der Waals surface area contributed by atoms with Crippen molar-refractivity contribution in [3.8, 4) is 0 Å². The topological polar surface area (TPSA) is 46.6 Å². The predicted octanol–water partition coefficient (Wildman–Crippen LogP) is 8.62. The maximum absolute atomic E-state index is 12.6. The summed E-state index contributed by atoms with van der Waals surface area (Å²) in [6.07, 6.45) is 18.8. The SMILES string of the molecule is CCCCCCCCCCCCCCCCSC1CN(C(C(=O)OCC(Cl)(Cl)Cl)=C(C)C)C1=O. The lowest BCUT2D eigenvalue weighted by atomic mass is 10.0. The predicted molar refractivity (Wildman–Crippen MR) is 148 cm³/mol. The zero-order valence-corrected chi connectivity index (χ0v) is 24.4. The van der Waals surface area contributed by atoms with Crippen LogP contribution < -0.4 is 0 Å². The number of thioether (sulfide) groups is 1. The van der Waals surface area contributed by atoms with Crippen molar-refractivity contribution in [3.63, 3.8) is 0 Å². The van der Waals surface area contributed by atoms with Crippen LogP contribution in [0, 0.1) is 0 Å². The first-order valence-electron chi connectivity index (χ1n) is 13.0. The van der Waals surface area contributed by atoms with Crippen LogP contribution in [-0.4, -0.2) is 44.7 Å². The first-order chi connectivity index (χ1) is 16.2. The number of ether oxygens (including phenoxy) is 1. The largest absolute Gasteiger partial charge is 0.456 e. The number of amides is 1. The standard InChI is InChI=1S/C26H44Cl3NO3S/c1-4-5-6-7-8-9-10-11-12-13-14-15-16-17-18-34-22-19-30(24(22)31)23(21(2)3)25(32)33-20-26(27,28)29/h22H,4-20H2,1-3H3. The number of rotatable bonds is 19. The van der Waals surface area contributed by atoms with Crippen LogP contribution in [0.2, 0.25) is 0 Å². The van der Waals surface area contributed by atoms with Gasteiger partial charge < -0.3 is 9.64 Å². The highest BCUT2D eigenvalue weighted by atomic mass is 35.6. The number of hydrogen-bond donors (Lipinski definition) is 0. The fourth-order valence-corrected chi connectivity index (χ4v) is 5.39. The van der Waals surface area contributed by atoms with E-state index in [0.29, 0.717) is 12.1 Å². The molecule has 1 unspecified atom stereocenters. The molecule has 0 radical (unpaired) electrons. The first kappa shape index (κ1) is 31.9. The lowest BCUT2D eigenvalue weighted by Gasteiger charge is -2.39. The van der Waals surface area contributed by atoms with Crippen molar-refractivity contribution in [2.75, 3.05) is 18.9 Å². The molecule has 0 spiro atoms. The second kappa shape index (κ2) is 18.2. The number of hydrogen-bond acceptors (Lipinski definition) is 4. The molecule has 1 heterocycles. The average molecular weight is 557 g/mol. The summed E-state index contributed by atoms with van der Waals surface area (Å²) in [6, 6.07) is 0. The fraction of sp³-hybridized carbons (Fsp3) is 0.846. The molecule has 0 aromatic heterocycles. The summed E-state index contributed by atoms with van der Waals surface area (Å²) in [6.45, 7) is 5.98. The maximum atomic E-state index is 12.6. The van der Waals surface area contributed by atoms with E-state index < -0.39 is 9.76 Å². The van der Waals surface area contributed by atoms with Gasteiger partial charge in [0.25, 0.3) is 0 Å². The summed E-state index contributed by atoms with van der Waals surface area (Å²) >= 11 is 18.6. The van der Waals surface area contributed by atoms with Crippen LogP contribution in [0.3, 0.4) is 0 Å². The third kappa shape index (κ3) is 13.8. The van der Waals surface area contributed by atoms with Gasteiger partial charge in [0, 0.05) is 6.54 Å². The van der Waals surface area contributed by atoms with Crippen LogP contribution >= 0.6 is 46.6 Å². The number of carbonyl (C=O) groups excluding carboxylic acids is 2. The summed E-state index contributed by atoms with van der Waals surface area (Å²) in [4.78, 5) is 26.4. The molecule has 0 bridgehead atoms. The summed E-state index contributed by atoms with van der Waals surface area (Å²) in [5.41, 5.74) is 0.964. The van der Waals surface area contributed by atoms with Crippen molar-refractivity contribution in [2.24, 2.45) is 0 Å². The van der Waals surface area contributed by atoms with Crippen molar-refractivity contribution >= 4 is 58.4 Å². The van der Waals surface area contributed by atoms with Gasteiger partial charge in [0.05, 0.1) is 0 Å². The Hall–Kier alpha value is -0.100. The number of nitrogens with zero attached hydrogens (tertiary/aromatic N) is 1. The van der Waals surface area contributed by atoms with Crippen LogP contribution in [0.4, 0.5) is 0 Å². The summed E-state index contributed by atoms with van der Waals surface area (Å²) < 4.78 is 3.39. The Kier molecular flexibility index (Phi) is 17.1. The molecule has 1 aliphatic heterocycles. The minimum Gasteiger partial charge on any atom is -0.456 e. The Labute approximate surface area is 226 Å². The first-order valence-corrected chi connectivity index (χ1v) is 15.2. The van der Waals surface area contributed by atoms with E-state index in [1.807, 2.05) is 0 Å². The van der Waals surface area contributed by atoms with Gasteiger partial charge in [-0.1, -0.05) is 125 Å². The van der Waals surface area contributed by atoms with Gasteiger partial charge in [-0.05, 0) is 31.6 Å². The van der Waals surface area contributed by atoms with Gasteiger partial charge in [0.15, 0.2) is 0 Å². The quantitative estimate of drug-likeness (QED) is 0.0525. The highest BCUT2D eigenvalue weighted by Gasteiger charge is 2.42. The average Bonchev–Trinajstić information content (AvgIpc) is 2.77. The molecule has 1 fully saturated rings. The van der Waals surface area contributed by atoms with E-state index in [9.17, 15) is 9.59 Å². The third-order valence-corrected chi connectivity index (χ3v) is 7.62. The van der Waals surface area contributed by atoms with Crippen LogP contribution in [0.5, 0.6) is 0 Å². The smallest absolute Gasteiger partial charge is 0.355 e. The number of halogens is 3. The molecule has 1 atom stereocenters. The molecule has 34 heavy (non-hydrogen) atoms. The van der Waals surface area contributed by atoms with E-state index in [-0.39, 0.29) is 23.5 Å². The van der Waals surface area contributed by atoms with E-state index in [1.165, 1.54) is 88.4 Å². The van der Waals surface area contributed by atoms with Crippen molar-refractivity contribution in [1.29, 1.82) is 0 Å². The van der Waals surface area contributed by atoms with Gasteiger partial charge in [-0.3, -0.25) is 4.79 Å². The molecule has 0 N–H and O–H groups in total. The molecule has 1 saturated heterocycles. The number of allylic oxidation sites excluding steroid dienone is 1. The number of unbranched alkanes of at least 4 members (excludes halogenated alkanes) is 13. The molecule has 198 valence electrons. The fourth-order valence-electron chi connectivity index (χ4n) is 4.04. The number of esters is 1. The Bertz CT molecular complexity index is 633. The Morgan fingerprint density at radius 2 is 1.38 bits per heavy atom. The zero-order valence-electron chi connectivity index (χ0n) is 21.3. The van der Waals surface area contributed by atoms with Crippen molar-refractivity contribution in [1.82, 2.24) is 4.90 Å². The van der Waals surface area contributed by atoms with Gasteiger partial charge in [-0.25, -0.2) is 4.79 Å². The van der Waals surface area contributed by atoms with Gasteiger partial charge in [-0.15, -0.1) is 11.8 Å². The molecule has 1 aliphatic rings. The van der Waals surface area contributed by atoms with Crippen LogP contribution in [0.1, 0.15) is 111 Å². The Balaban J connectivity index is 2.06. The molecule has 8 heteroatoms. The lowest BCUT2D eigenvalue weighted by Crippen LogP contribution is -2.55. The van der Waals surface area contributed by atoms with Gasteiger partial charge in [0.2, 0.25) is 9.70 Å². The molecular weight excluding hydrogens is 513 g/mol. The van der Waals surface area contributed by atoms with Crippen molar-refractivity contribution in [3.05, 3.63) is 11.3 Å².